The summed E-state index contributed by atoms with van der Waals surface area (Å²) in [6.07, 6.45) is -8.60. The second-order valence-corrected chi connectivity index (χ2v) is 6.62. The third kappa shape index (κ3) is 3.76. The molecule has 0 aliphatic heterocycles. The number of thiophene rings is 1. The van der Waals surface area contributed by atoms with Crippen molar-refractivity contribution in [2.45, 2.75) is 12.5 Å². The summed E-state index contributed by atoms with van der Waals surface area (Å²) in [7, 11) is 0. The standard InChI is InChI=1S/C17H10ClF4NO2S/c18-13-11-6-1-2-7-12(11)26-14(13)15(24)23-9-4-3-5-10(8-9)25-17(21,22)16(19)20/h1-8,16H,(H,23,24). The van der Waals surface area contributed by atoms with Crippen LogP contribution in [0.5, 0.6) is 5.75 Å². The number of alkyl halides is 4. The summed E-state index contributed by atoms with van der Waals surface area (Å²) in [6, 6.07) is 12.0. The molecule has 1 aromatic heterocycles. The highest BCUT2D eigenvalue weighted by Crippen LogP contribution is 2.36. The zero-order valence-corrected chi connectivity index (χ0v) is 14.4. The molecule has 0 atom stereocenters. The van der Waals surface area contributed by atoms with Crippen LogP contribution in [0.3, 0.4) is 0 Å². The molecule has 1 heterocycles. The lowest BCUT2D eigenvalue weighted by Gasteiger charge is -2.17. The van der Waals surface area contributed by atoms with Gasteiger partial charge in [-0.1, -0.05) is 35.9 Å². The third-order valence-corrected chi connectivity index (χ3v) is 5.02. The van der Waals surface area contributed by atoms with Crippen LogP contribution in [-0.2, 0) is 0 Å². The van der Waals surface area contributed by atoms with E-state index in [4.69, 9.17) is 11.6 Å². The summed E-state index contributed by atoms with van der Waals surface area (Å²) >= 11 is 7.39. The van der Waals surface area contributed by atoms with Gasteiger partial charge in [0.05, 0.1) is 5.02 Å². The summed E-state index contributed by atoms with van der Waals surface area (Å²) in [6.45, 7) is 0. The van der Waals surface area contributed by atoms with Crippen molar-refractivity contribution in [3.8, 4) is 5.75 Å². The first-order chi connectivity index (χ1) is 12.3. The lowest BCUT2D eigenvalue weighted by molar-refractivity contribution is -0.253. The first-order valence-electron chi connectivity index (χ1n) is 7.21. The Hall–Kier alpha value is -2.32. The van der Waals surface area contributed by atoms with E-state index in [9.17, 15) is 22.4 Å². The highest BCUT2D eigenvalue weighted by atomic mass is 35.5. The van der Waals surface area contributed by atoms with Crippen LogP contribution < -0.4 is 10.1 Å². The lowest BCUT2D eigenvalue weighted by atomic mass is 10.2. The molecule has 2 aromatic carbocycles. The van der Waals surface area contributed by atoms with Gasteiger partial charge in [-0.2, -0.15) is 17.6 Å². The highest BCUT2D eigenvalue weighted by Gasteiger charge is 2.44. The molecule has 0 radical (unpaired) electrons. The van der Waals surface area contributed by atoms with Crippen LogP contribution in [0, 0.1) is 0 Å². The van der Waals surface area contributed by atoms with E-state index >= 15 is 0 Å². The maximum absolute atomic E-state index is 13.0. The summed E-state index contributed by atoms with van der Waals surface area (Å²) in [4.78, 5) is 12.7. The average Bonchev–Trinajstić information content (AvgIpc) is 2.92. The fraction of sp³-hybridized carbons (Fsp3) is 0.118. The van der Waals surface area contributed by atoms with Gasteiger partial charge in [-0.15, -0.1) is 11.3 Å². The van der Waals surface area contributed by atoms with Gasteiger partial charge < -0.3 is 10.1 Å². The molecular weight excluding hydrogens is 394 g/mol. The largest absolute Gasteiger partial charge is 0.461 e. The molecule has 3 nitrogen and oxygen atoms in total. The average molecular weight is 404 g/mol. The van der Waals surface area contributed by atoms with Crippen LogP contribution in [0.1, 0.15) is 9.67 Å². The summed E-state index contributed by atoms with van der Waals surface area (Å²) in [5.41, 5.74) is 0.103. The number of nitrogens with one attached hydrogen (secondary N) is 1. The Labute approximate surface area is 154 Å². The third-order valence-electron chi connectivity index (χ3n) is 3.34. The molecule has 3 rings (SSSR count). The van der Waals surface area contributed by atoms with E-state index in [1.54, 1.807) is 18.2 Å². The first-order valence-corrected chi connectivity index (χ1v) is 8.41. The number of hydrogen-bond acceptors (Lipinski definition) is 3. The monoisotopic (exact) mass is 403 g/mol. The van der Waals surface area contributed by atoms with E-state index in [0.717, 1.165) is 22.2 Å². The zero-order chi connectivity index (χ0) is 18.9. The van der Waals surface area contributed by atoms with Gasteiger partial charge in [-0.25, -0.2) is 0 Å². The van der Waals surface area contributed by atoms with Crippen LogP contribution in [0.15, 0.2) is 48.5 Å². The molecule has 26 heavy (non-hydrogen) atoms. The molecule has 0 aliphatic rings. The van der Waals surface area contributed by atoms with Crippen LogP contribution in [0.4, 0.5) is 23.2 Å². The van der Waals surface area contributed by atoms with E-state index in [-0.39, 0.29) is 15.6 Å². The molecule has 0 fully saturated rings. The summed E-state index contributed by atoms with van der Waals surface area (Å²) in [5.74, 6) is -1.05. The Morgan fingerprint density at radius 2 is 1.88 bits per heavy atom. The van der Waals surface area contributed by atoms with Crippen molar-refractivity contribution in [3.63, 3.8) is 0 Å². The number of fused-ring (bicyclic) bond motifs is 1. The van der Waals surface area contributed by atoms with Crippen molar-refractivity contribution in [1.29, 1.82) is 0 Å². The molecule has 0 saturated heterocycles. The minimum atomic E-state index is -4.63. The molecule has 1 amide bonds. The molecule has 1 N–H and O–H groups in total. The lowest BCUT2D eigenvalue weighted by Crippen LogP contribution is -2.33. The minimum absolute atomic E-state index is 0.103. The van der Waals surface area contributed by atoms with Crippen molar-refractivity contribution in [3.05, 3.63) is 58.4 Å². The number of halogens is 5. The molecular formula is C17H10ClF4NO2S. The smallest absolute Gasteiger partial charge is 0.428 e. The maximum Gasteiger partial charge on any atom is 0.461 e. The predicted molar refractivity (Wildman–Crippen MR) is 92.8 cm³/mol. The number of carbonyl (C=O) groups excluding carboxylic acids is 1. The van der Waals surface area contributed by atoms with Crippen LogP contribution in [0.25, 0.3) is 10.1 Å². The van der Waals surface area contributed by atoms with Gasteiger partial charge >= 0.3 is 12.5 Å². The van der Waals surface area contributed by atoms with Gasteiger partial charge in [-0.05, 0) is 18.2 Å². The number of benzene rings is 2. The number of hydrogen-bond donors (Lipinski definition) is 1. The molecule has 0 unspecified atom stereocenters. The quantitative estimate of drug-likeness (QED) is 0.527. The molecule has 0 spiro atoms. The molecule has 0 saturated carbocycles. The van der Waals surface area contributed by atoms with Crippen LogP contribution in [0.2, 0.25) is 5.02 Å². The molecule has 9 heteroatoms. The van der Waals surface area contributed by atoms with E-state index in [0.29, 0.717) is 0 Å². The number of rotatable bonds is 5. The van der Waals surface area contributed by atoms with Gasteiger partial charge in [0.1, 0.15) is 10.6 Å². The summed E-state index contributed by atoms with van der Waals surface area (Å²) < 4.78 is 55.2. The fourth-order valence-electron chi connectivity index (χ4n) is 2.19. The Morgan fingerprint density at radius 1 is 1.15 bits per heavy atom. The summed E-state index contributed by atoms with van der Waals surface area (Å²) in [5, 5.41) is 3.49. The maximum atomic E-state index is 13.0. The van der Waals surface area contributed by atoms with Gasteiger partial charge in [0.15, 0.2) is 0 Å². The van der Waals surface area contributed by atoms with E-state index in [2.05, 4.69) is 10.1 Å². The molecule has 3 aromatic rings. The fourth-order valence-corrected chi connectivity index (χ4v) is 3.60. The first kappa shape index (κ1) is 18.5. The molecule has 136 valence electrons. The predicted octanol–water partition coefficient (Wildman–Crippen LogP) is 6.04. The number of carbonyl (C=O) groups is 1. The van der Waals surface area contributed by atoms with E-state index < -0.39 is 24.2 Å². The number of anilines is 1. The minimum Gasteiger partial charge on any atom is -0.428 e. The normalized spacial score (nSPS) is 11.8. The van der Waals surface area contributed by atoms with Crippen LogP contribution >= 0.6 is 22.9 Å². The van der Waals surface area contributed by atoms with Crippen molar-refractivity contribution >= 4 is 44.6 Å². The van der Waals surface area contributed by atoms with Gasteiger partial charge in [-0.3, -0.25) is 4.79 Å². The second-order valence-electron chi connectivity index (χ2n) is 5.19. The van der Waals surface area contributed by atoms with Crippen molar-refractivity contribution < 1.29 is 27.1 Å². The Balaban J connectivity index is 1.81. The Bertz CT molecular complexity index is 961. The van der Waals surface area contributed by atoms with E-state index in [1.807, 2.05) is 6.07 Å². The Morgan fingerprint density at radius 3 is 2.58 bits per heavy atom. The second kappa shape index (κ2) is 7.13. The van der Waals surface area contributed by atoms with Crippen molar-refractivity contribution in [1.82, 2.24) is 0 Å². The van der Waals surface area contributed by atoms with Crippen molar-refractivity contribution in [2.75, 3.05) is 5.32 Å². The van der Waals surface area contributed by atoms with Crippen LogP contribution in [-0.4, -0.2) is 18.4 Å². The Kier molecular flexibility index (Phi) is 5.06. The zero-order valence-electron chi connectivity index (χ0n) is 12.8. The highest BCUT2D eigenvalue weighted by molar-refractivity contribution is 7.21. The topological polar surface area (TPSA) is 38.3 Å². The van der Waals surface area contributed by atoms with Gasteiger partial charge in [0.2, 0.25) is 0 Å². The van der Waals surface area contributed by atoms with E-state index in [1.165, 1.54) is 23.5 Å². The number of ether oxygens (including phenoxy) is 1. The molecule has 0 bridgehead atoms. The van der Waals surface area contributed by atoms with Gasteiger partial charge in [0.25, 0.3) is 5.91 Å². The van der Waals surface area contributed by atoms with Crippen molar-refractivity contribution in [2.24, 2.45) is 0 Å². The molecule has 0 aliphatic carbocycles. The van der Waals surface area contributed by atoms with Gasteiger partial charge in [0, 0.05) is 21.8 Å². The SMILES string of the molecule is O=C(Nc1cccc(OC(F)(F)C(F)F)c1)c1sc2ccccc2c1Cl. The number of amides is 1.